The molecule has 0 radical (unpaired) electrons. The van der Waals surface area contributed by atoms with Gasteiger partial charge in [0.1, 0.15) is 5.60 Å². The molecule has 0 unspecified atom stereocenters. The van der Waals surface area contributed by atoms with Crippen LogP contribution in [0.15, 0.2) is 29.3 Å². The second-order valence-electron chi connectivity index (χ2n) is 8.42. The number of anilines is 1. The van der Waals surface area contributed by atoms with Gasteiger partial charge in [0.05, 0.1) is 17.5 Å². The Bertz CT molecular complexity index is 969. The van der Waals surface area contributed by atoms with Gasteiger partial charge in [-0.2, -0.15) is 4.99 Å². The smallest absolute Gasteiger partial charge is 0.407 e. The van der Waals surface area contributed by atoms with E-state index in [0.717, 1.165) is 11.3 Å². The molecule has 3 rings (SSSR count). The van der Waals surface area contributed by atoms with Crippen LogP contribution in [0.1, 0.15) is 32.8 Å². The Morgan fingerprint density at radius 3 is 2.63 bits per heavy atom. The van der Waals surface area contributed by atoms with Gasteiger partial charge in [0.25, 0.3) is 0 Å². The molecular weight excluding hydrogens is 426 g/mol. The van der Waals surface area contributed by atoms with Crippen molar-refractivity contribution in [2.75, 3.05) is 23.0 Å². The molecule has 2 atom stereocenters. The van der Waals surface area contributed by atoms with E-state index in [1.165, 1.54) is 11.8 Å². The van der Waals surface area contributed by atoms with Gasteiger partial charge in [-0.3, -0.25) is 4.79 Å². The summed E-state index contributed by atoms with van der Waals surface area (Å²) in [6.07, 6.45) is -0.557. The van der Waals surface area contributed by atoms with Gasteiger partial charge >= 0.3 is 6.09 Å². The van der Waals surface area contributed by atoms with Crippen molar-refractivity contribution in [2.45, 2.75) is 51.0 Å². The number of nitrogens with zero attached hydrogens (tertiary/aromatic N) is 2. The number of carbonyl (C=O) groups is 2. The molecule has 1 N–H and O–H groups in total. The summed E-state index contributed by atoms with van der Waals surface area (Å²) in [6.45, 7) is 7.34. The van der Waals surface area contributed by atoms with E-state index in [0.29, 0.717) is 5.17 Å². The summed E-state index contributed by atoms with van der Waals surface area (Å²) in [6, 6.07) is 7.41. The number of sulfone groups is 1. The molecule has 10 heteroatoms. The summed E-state index contributed by atoms with van der Waals surface area (Å²) in [5.74, 6) is -0.250. The van der Waals surface area contributed by atoms with Crippen LogP contribution >= 0.6 is 11.8 Å². The molecule has 2 fully saturated rings. The molecule has 0 saturated carbocycles. The minimum Gasteiger partial charge on any atom is -0.444 e. The standard InChI is InChI=1S/C20H27N3O5S2/c1-13-7-5-6-8-14(13)23-15-11-30(26,27)12-16(15)29-18(23)22-17(24)9-10-21-19(25)28-20(2,3)4/h5-8,15-16H,9-12H2,1-4H3,(H,21,25)/t15-,16-/m1/s1. The second-order valence-corrected chi connectivity index (χ2v) is 11.8. The molecule has 2 heterocycles. The number of alkyl carbamates (subject to hydrolysis) is 1. The van der Waals surface area contributed by atoms with Gasteiger partial charge < -0.3 is 15.0 Å². The lowest BCUT2D eigenvalue weighted by Gasteiger charge is -2.26. The van der Waals surface area contributed by atoms with Crippen molar-refractivity contribution in [1.29, 1.82) is 0 Å². The summed E-state index contributed by atoms with van der Waals surface area (Å²) >= 11 is 1.34. The van der Waals surface area contributed by atoms with Crippen LogP contribution < -0.4 is 10.2 Å². The predicted octanol–water partition coefficient (Wildman–Crippen LogP) is 2.51. The first-order valence-electron chi connectivity index (χ1n) is 9.75. The van der Waals surface area contributed by atoms with Crippen LogP contribution in [0, 0.1) is 6.92 Å². The number of amides is 2. The van der Waals surface area contributed by atoms with Crippen LogP contribution in [0.25, 0.3) is 0 Å². The normalized spacial score (nSPS) is 24.0. The van der Waals surface area contributed by atoms with E-state index in [-0.39, 0.29) is 41.7 Å². The fraction of sp³-hybridized carbons (Fsp3) is 0.550. The fourth-order valence-corrected chi connectivity index (χ4v) is 7.35. The van der Waals surface area contributed by atoms with E-state index in [1.54, 1.807) is 20.8 Å². The molecule has 164 valence electrons. The van der Waals surface area contributed by atoms with E-state index in [4.69, 9.17) is 4.74 Å². The van der Waals surface area contributed by atoms with E-state index in [2.05, 4.69) is 10.3 Å². The van der Waals surface area contributed by atoms with Crippen LogP contribution in [-0.4, -0.2) is 60.5 Å². The van der Waals surface area contributed by atoms with E-state index >= 15 is 0 Å². The van der Waals surface area contributed by atoms with E-state index in [9.17, 15) is 18.0 Å². The van der Waals surface area contributed by atoms with Crippen LogP contribution in [0.3, 0.4) is 0 Å². The Balaban J connectivity index is 1.72. The molecule has 1 aromatic rings. The number of para-hydroxylation sites is 1. The molecule has 8 nitrogen and oxygen atoms in total. The Morgan fingerprint density at radius 1 is 1.27 bits per heavy atom. The largest absolute Gasteiger partial charge is 0.444 e. The van der Waals surface area contributed by atoms with Crippen molar-refractivity contribution in [3.05, 3.63) is 29.8 Å². The van der Waals surface area contributed by atoms with Crippen molar-refractivity contribution < 1.29 is 22.7 Å². The quantitative estimate of drug-likeness (QED) is 0.747. The predicted molar refractivity (Wildman–Crippen MR) is 119 cm³/mol. The highest BCUT2D eigenvalue weighted by Crippen LogP contribution is 2.41. The molecule has 2 saturated heterocycles. The monoisotopic (exact) mass is 453 g/mol. The van der Waals surface area contributed by atoms with Gasteiger partial charge in [0, 0.05) is 23.9 Å². The maximum atomic E-state index is 12.4. The average molecular weight is 454 g/mol. The van der Waals surface area contributed by atoms with Crippen molar-refractivity contribution in [2.24, 2.45) is 4.99 Å². The number of fused-ring (bicyclic) bond motifs is 1. The molecule has 30 heavy (non-hydrogen) atoms. The summed E-state index contributed by atoms with van der Waals surface area (Å²) in [5.41, 5.74) is 1.23. The van der Waals surface area contributed by atoms with Crippen molar-refractivity contribution >= 4 is 44.5 Å². The van der Waals surface area contributed by atoms with Crippen molar-refractivity contribution in [3.63, 3.8) is 0 Å². The molecular formula is C20H27N3O5S2. The van der Waals surface area contributed by atoms with Gasteiger partial charge in [-0.05, 0) is 39.3 Å². The number of thioether (sulfide) groups is 1. The average Bonchev–Trinajstić information content (AvgIpc) is 3.05. The number of rotatable bonds is 4. The Hall–Kier alpha value is -2.07. The molecule has 0 aliphatic carbocycles. The summed E-state index contributed by atoms with van der Waals surface area (Å²) in [7, 11) is -3.11. The topological polar surface area (TPSA) is 105 Å². The first-order valence-corrected chi connectivity index (χ1v) is 12.5. The van der Waals surface area contributed by atoms with Crippen LogP contribution in [0.5, 0.6) is 0 Å². The van der Waals surface area contributed by atoms with Crippen molar-refractivity contribution in [3.8, 4) is 0 Å². The van der Waals surface area contributed by atoms with E-state index < -0.39 is 21.5 Å². The lowest BCUT2D eigenvalue weighted by atomic mass is 10.1. The highest BCUT2D eigenvalue weighted by molar-refractivity contribution is 8.16. The first-order chi connectivity index (χ1) is 14.0. The van der Waals surface area contributed by atoms with Crippen LogP contribution in [0.2, 0.25) is 0 Å². The van der Waals surface area contributed by atoms with Gasteiger partial charge in [0.15, 0.2) is 15.0 Å². The highest BCUT2D eigenvalue weighted by atomic mass is 32.2. The van der Waals surface area contributed by atoms with E-state index in [1.807, 2.05) is 36.1 Å². The molecule has 0 aromatic heterocycles. The van der Waals surface area contributed by atoms with Gasteiger partial charge in [0.2, 0.25) is 5.91 Å². The van der Waals surface area contributed by atoms with Gasteiger partial charge in [-0.15, -0.1) is 0 Å². The fourth-order valence-electron chi connectivity index (χ4n) is 3.43. The minimum atomic E-state index is -3.11. The number of benzene rings is 1. The maximum absolute atomic E-state index is 12.4. The molecule has 2 aliphatic heterocycles. The minimum absolute atomic E-state index is 0.0263. The van der Waals surface area contributed by atoms with Gasteiger partial charge in [-0.25, -0.2) is 13.2 Å². The lowest BCUT2D eigenvalue weighted by molar-refractivity contribution is -0.117. The molecule has 1 aromatic carbocycles. The number of nitrogens with one attached hydrogen (secondary N) is 1. The SMILES string of the molecule is Cc1ccccc1N1C(=NC(=O)CCNC(=O)OC(C)(C)C)S[C@@H]2CS(=O)(=O)C[C@H]21. The summed E-state index contributed by atoms with van der Waals surface area (Å²) in [5, 5.41) is 2.91. The Kier molecular flexibility index (Phi) is 6.47. The number of amidine groups is 1. The molecule has 0 bridgehead atoms. The summed E-state index contributed by atoms with van der Waals surface area (Å²) < 4.78 is 29.4. The maximum Gasteiger partial charge on any atom is 0.407 e. The number of ether oxygens (including phenoxy) is 1. The number of hydrogen-bond acceptors (Lipinski definition) is 6. The second kappa shape index (κ2) is 8.58. The number of carbonyl (C=O) groups excluding carboxylic acids is 2. The number of hydrogen-bond donors (Lipinski definition) is 1. The highest BCUT2D eigenvalue weighted by Gasteiger charge is 2.49. The molecule has 2 aliphatic rings. The zero-order valence-electron chi connectivity index (χ0n) is 17.5. The molecule has 0 spiro atoms. The number of aryl methyl sites for hydroxylation is 1. The van der Waals surface area contributed by atoms with Crippen molar-refractivity contribution in [1.82, 2.24) is 5.32 Å². The third-order valence-electron chi connectivity index (χ3n) is 4.67. The Labute approximate surface area is 181 Å². The number of aliphatic imine (C=N–C) groups is 1. The third-order valence-corrected chi connectivity index (χ3v) is 7.88. The third kappa shape index (κ3) is 5.54. The van der Waals surface area contributed by atoms with Gasteiger partial charge in [-0.1, -0.05) is 30.0 Å². The summed E-state index contributed by atoms with van der Waals surface area (Å²) in [4.78, 5) is 30.3. The first kappa shape index (κ1) is 22.6. The lowest BCUT2D eigenvalue weighted by Crippen LogP contribution is -2.38. The zero-order valence-corrected chi connectivity index (χ0v) is 19.2. The van der Waals surface area contributed by atoms with Crippen LogP contribution in [-0.2, 0) is 19.4 Å². The Morgan fingerprint density at radius 2 is 1.97 bits per heavy atom. The molecule has 2 amide bonds. The zero-order chi connectivity index (χ0) is 22.1. The van der Waals surface area contributed by atoms with Crippen LogP contribution in [0.4, 0.5) is 10.5 Å².